The van der Waals surface area contributed by atoms with Gasteiger partial charge in [0.05, 0.1) is 5.92 Å². The lowest BCUT2D eigenvalue weighted by Gasteiger charge is -2.17. The number of rotatable bonds is 3. The van der Waals surface area contributed by atoms with Gasteiger partial charge in [0.1, 0.15) is 0 Å². The Kier molecular flexibility index (Phi) is 13.2. The molecule has 27 heavy (non-hydrogen) atoms. The molecule has 8 heteroatoms. The van der Waals surface area contributed by atoms with E-state index >= 15 is 0 Å². The SMILES string of the molecule is CC.CC.CC(C)C(=O)ON1C(=O)C=CC1=O.CC(C)N1C(=O)C=CC1=O. The minimum absolute atomic E-state index is 0.0324. The highest BCUT2D eigenvalue weighted by atomic mass is 16.7. The maximum atomic E-state index is 11.0. The summed E-state index contributed by atoms with van der Waals surface area (Å²) in [6.07, 6.45) is 4.69. The van der Waals surface area contributed by atoms with Crippen LogP contribution in [0.2, 0.25) is 0 Å². The third-order valence-electron chi connectivity index (χ3n) is 2.78. The summed E-state index contributed by atoms with van der Waals surface area (Å²) in [5.41, 5.74) is 0. The lowest BCUT2D eigenvalue weighted by Crippen LogP contribution is -2.36. The van der Waals surface area contributed by atoms with Crippen LogP contribution in [0.5, 0.6) is 0 Å². The predicted octanol–water partition coefficient (Wildman–Crippen LogP) is 2.40. The third-order valence-corrected chi connectivity index (χ3v) is 2.78. The summed E-state index contributed by atoms with van der Waals surface area (Å²) in [7, 11) is 0. The Hall–Kier alpha value is -2.77. The third kappa shape index (κ3) is 8.44. The number of amides is 4. The molecule has 0 aliphatic carbocycles. The molecule has 0 spiro atoms. The first-order chi connectivity index (χ1) is 12.6. The summed E-state index contributed by atoms with van der Waals surface area (Å²) in [4.78, 5) is 60.2. The molecule has 0 unspecified atom stereocenters. The summed E-state index contributed by atoms with van der Waals surface area (Å²) in [5, 5.41) is 0.447. The summed E-state index contributed by atoms with van der Waals surface area (Å²) >= 11 is 0. The molecule has 0 fully saturated rings. The average molecular weight is 382 g/mol. The van der Waals surface area contributed by atoms with Gasteiger partial charge in [-0.2, -0.15) is 0 Å². The van der Waals surface area contributed by atoms with Crippen molar-refractivity contribution in [3.63, 3.8) is 0 Å². The highest BCUT2D eigenvalue weighted by Gasteiger charge is 2.28. The van der Waals surface area contributed by atoms with Crippen LogP contribution in [0.1, 0.15) is 55.4 Å². The van der Waals surface area contributed by atoms with E-state index in [-0.39, 0.29) is 23.8 Å². The molecule has 0 radical (unpaired) electrons. The van der Waals surface area contributed by atoms with Crippen molar-refractivity contribution >= 4 is 29.6 Å². The van der Waals surface area contributed by atoms with Gasteiger partial charge in [0, 0.05) is 30.3 Å². The van der Waals surface area contributed by atoms with E-state index in [9.17, 15) is 24.0 Å². The maximum Gasteiger partial charge on any atom is 0.335 e. The van der Waals surface area contributed by atoms with Crippen molar-refractivity contribution in [2.24, 2.45) is 5.92 Å². The number of hydrogen-bond donors (Lipinski definition) is 0. The standard InChI is InChI=1S/C8H9NO4.C7H9NO2.2C2H6/c1-5(2)8(12)13-9-6(10)3-4-7(9)11;1-5(2)8-6(9)3-4-7(8)10;2*1-2/h3-5H,1-2H3;3-5H,1-2H3;2*1-2H3. The second kappa shape index (κ2) is 13.4. The van der Waals surface area contributed by atoms with Crippen LogP contribution in [0.4, 0.5) is 0 Å². The van der Waals surface area contributed by atoms with Crippen LogP contribution in [0.15, 0.2) is 24.3 Å². The van der Waals surface area contributed by atoms with Crippen molar-refractivity contribution in [1.82, 2.24) is 9.96 Å². The summed E-state index contributed by atoms with van der Waals surface area (Å²) in [5.74, 6) is -2.65. The van der Waals surface area contributed by atoms with Crippen LogP contribution in [0.3, 0.4) is 0 Å². The molecule has 0 saturated carbocycles. The van der Waals surface area contributed by atoms with Gasteiger partial charge in [-0.25, -0.2) is 4.79 Å². The summed E-state index contributed by atoms with van der Waals surface area (Å²) in [6.45, 7) is 14.8. The van der Waals surface area contributed by atoms with Crippen LogP contribution < -0.4 is 0 Å². The molecule has 2 rings (SSSR count). The molecular weight excluding hydrogens is 352 g/mol. The van der Waals surface area contributed by atoms with Crippen LogP contribution in [0, 0.1) is 5.92 Å². The van der Waals surface area contributed by atoms with Gasteiger partial charge in [0.15, 0.2) is 0 Å². The molecule has 2 heterocycles. The topological polar surface area (TPSA) is 101 Å². The minimum Gasteiger partial charge on any atom is -0.330 e. The van der Waals surface area contributed by atoms with E-state index in [0.717, 1.165) is 12.2 Å². The maximum absolute atomic E-state index is 11.0. The fraction of sp³-hybridized carbons (Fsp3) is 0.526. The van der Waals surface area contributed by atoms with Crippen molar-refractivity contribution in [1.29, 1.82) is 0 Å². The lowest BCUT2D eigenvalue weighted by atomic mass is 10.2. The van der Waals surface area contributed by atoms with Gasteiger partial charge in [-0.05, 0) is 13.8 Å². The zero-order valence-electron chi connectivity index (χ0n) is 17.3. The number of imide groups is 2. The zero-order valence-corrected chi connectivity index (χ0v) is 17.3. The van der Waals surface area contributed by atoms with E-state index in [2.05, 4.69) is 4.84 Å². The number of carbonyl (C=O) groups is 5. The molecule has 0 bridgehead atoms. The molecular formula is C19H30N2O6. The van der Waals surface area contributed by atoms with Crippen LogP contribution in [-0.2, 0) is 28.8 Å². The molecule has 8 nitrogen and oxygen atoms in total. The first kappa shape index (κ1) is 26.5. The second-order valence-electron chi connectivity index (χ2n) is 5.34. The molecule has 0 aromatic heterocycles. The fourth-order valence-corrected chi connectivity index (χ4v) is 1.59. The van der Waals surface area contributed by atoms with Gasteiger partial charge in [0.2, 0.25) is 0 Å². The fourth-order valence-electron chi connectivity index (χ4n) is 1.59. The highest BCUT2D eigenvalue weighted by molar-refractivity contribution is 6.13. The Balaban J connectivity index is 0. The Bertz CT molecular complexity index is 569. The summed E-state index contributed by atoms with van der Waals surface area (Å²) < 4.78 is 0. The summed E-state index contributed by atoms with van der Waals surface area (Å²) in [6, 6.07) is -0.0324. The Labute approximate surface area is 160 Å². The van der Waals surface area contributed by atoms with E-state index in [0.29, 0.717) is 5.06 Å². The van der Waals surface area contributed by atoms with Crippen LogP contribution in [0.25, 0.3) is 0 Å². The quantitative estimate of drug-likeness (QED) is 0.695. The van der Waals surface area contributed by atoms with Crippen molar-refractivity contribution in [2.45, 2.75) is 61.4 Å². The smallest absolute Gasteiger partial charge is 0.330 e. The van der Waals surface area contributed by atoms with Crippen molar-refractivity contribution in [2.75, 3.05) is 0 Å². The molecule has 152 valence electrons. The van der Waals surface area contributed by atoms with Gasteiger partial charge in [-0.15, -0.1) is 0 Å². The number of nitrogens with zero attached hydrogens (tertiary/aromatic N) is 2. The van der Waals surface area contributed by atoms with Crippen molar-refractivity contribution in [3.05, 3.63) is 24.3 Å². The number of hydroxylamine groups is 2. The van der Waals surface area contributed by atoms with Gasteiger partial charge >= 0.3 is 5.97 Å². The Morgan fingerprint density at radius 1 is 0.741 bits per heavy atom. The second-order valence-corrected chi connectivity index (χ2v) is 5.34. The molecule has 0 saturated heterocycles. The lowest BCUT2D eigenvalue weighted by molar-refractivity contribution is -0.198. The first-order valence-corrected chi connectivity index (χ1v) is 8.98. The Morgan fingerprint density at radius 3 is 1.33 bits per heavy atom. The van der Waals surface area contributed by atoms with Gasteiger partial charge < -0.3 is 4.84 Å². The zero-order chi connectivity index (χ0) is 21.7. The van der Waals surface area contributed by atoms with Crippen LogP contribution >= 0.6 is 0 Å². The van der Waals surface area contributed by atoms with Crippen molar-refractivity contribution in [3.8, 4) is 0 Å². The molecule has 4 amide bonds. The van der Waals surface area contributed by atoms with Crippen molar-refractivity contribution < 1.29 is 28.8 Å². The molecule has 0 atom stereocenters. The average Bonchev–Trinajstić information content (AvgIpc) is 3.14. The molecule has 2 aliphatic heterocycles. The largest absolute Gasteiger partial charge is 0.335 e. The molecule has 0 aromatic carbocycles. The Morgan fingerprint density at radius 2 is 1.07 bits per heavy atom. The molecule has 2 aliphatic rings. The molecule has 0 aromatic rings. The first-order valence-electron chi connectivity index (χ1n) is 8.98. The van der Waals surface area contributed by atoms with Gasteiger partial charge in [-0.1, -0.05) is 46.6 Å². The number of hydrogen-bond acceptors (Lipinski definition) is 6. The number of carbonyl (C=O) groups excluding carboxylic acids is 5. The normalized spacial score (nSPS) is 14.6. The van der Waals surface area contributed by atoms with E-state index in [1.807, 2.05) is 41.5 Å². The van der Waals surface area contributed by atoms with E-state index < -0.39 is 17.8 Å². The van der Waals surface area contributed by atoms with Gasteiger partial charge in [-0.3, -0.25) is 24.1 Å². The van der Waals surface area contributed by atoms with Crippen LogP contribution in [-0.4, -0.2) is 45.6 Å². The van der Waals surface area contributed by atoms with E-state index in [4.69, 9.17) is 0 Å². The predicted molar refractivity (Wildman–Crippen MR) is 101 cm³/mol. The molecule has 0 N–H and O–H groups in total. The van der Waals surface area contributed by atoms with Gasteiger partial charge in [0.25, 0.3) is 23.6 Å². The van der Waals surface area contributed by atoms with E-state index in [1.54, 1.807) is 13.8 Å². The highest BCUT2D eigenvalue weighted by Crippen LogP contribution is 2.08. The minimum atomic E-state index is -0.626. The van der Waals surface area contributed by atoms with E-state index in [1.165, 1.54) is 17.1 Å². The monoisotopic (exact) mass is 382 g/mol.